The molecule has 0 saturated heterocycles. The summed E-state index contributed by atoms with van der Waals surface area (Å²) in [5, 5.41) is 0.708. The quantitative estimate of drug-likeness (QED) is 0.300. The van der Waals surface area contributed by atoms with E-state index in [1.165, 1.54) is 6.20 Å². The third-order valence-corrected chi connectivity index (χ3v) is 6.13. The second kappa shape index (κ2) is 8.83. The van der Waals surface area contributed by atoms with E-state index in [2.05, 4.69) is 15.0 Å². The molecule has 3 heterocycles. The molecule has 3 aromatic heterocycles. The number of benzene rings is 1. The van der Waals surface area contributed by atoms with Crippen LogP contribution in [0.5, 0.6) is 5.75 Å². The molecule has 0 spiro atoms. The summed E-state index contributed by atoms with van der Waals surface area (Å²) < 4.78 is 47.9. The molecule has 1 unspecified atom stereocenters. The van der Waals surface area contributed by atoms with Gasteiger partial charge >= 0.3 is 6.18 Å². The van der Waals surface area contributed by atoms with E-state index in [4.69, 9.17) is 27.9 Å². The number of ether oxygens (including phenoxy) is 1. The minimum atomic E-state index is -4.53. The van der Waals surface area contributed by atoms with E-state index >= 15 is 0 Å². The van der Waals surface area contributed by atoms with Crippen molar-refractivity contribution in [1.82, 2.24) is 19.4 Å². The Balaban J connectivity index is 1.95. The van der Waals surface area contributed by atoms with Crippen molar-refractivity contribution in [1.29, 1.82) is 0 Å². The predicted molar refractivity (Wildman–Crippen MR) is 121 cm³/mol. The fourth-order valence-electron chi connectivity index (χ4n) is 3.82. The zero-order valence-electron chi connectivity index (χ0n) is 17.9. The van der Waals surface area contributed by atoms with Crippen molar-refractivity contribution in [2.45, 2.75) is 32.9 Å². The van der Waals surface area contributed by atoms with E-state index in [-0.39, 0.29) is 11.5 Å². The van der Waals surface area contributed by atoms with Crippen LogP contribution >= 0.6 is 23.2 Å². The number of hydrogen-bond acceptors (Lipinski definition) is 4. The smallest absolute Gasteiger partial charge is 0.417 e. The van der Waals surface area contributed by atoms with Crippen LogP contribution in [-0.2, 0) is 6.18 Å². The van der Waals surface area contributed by atoms with Gasteiger partial charge in [-0.15, -0.1) is 0 Å². The molecule has 0 radical (unpaired) electrons. The molecule has 0 aliphatic carbocycles. The van der Waals surface area contributed by atoms with Crippen LogP contribution in [0.25, 0.3) is 16.6 Å². The van der Waals surface area contributed by atoms with Gasteiger partial charge in [-0.1, -0.05) is 30.1 Å². The average molecular weight is 495 g/mol. The van der Waals surface area contributed by atoms with Crippen molar-refractivity contribution in [2.24, 2.45) is 0 Å². The van der Waals surface area contributed by atoms with Gasteiger partial charge in [0.25, 0.3) is 0 Å². The summed E-state index contributed by atoms with van der Waals surface area (Å²) in [5.41, 5.74) is 1.79. The standard InChI is InChI=1S/C23H19Cl2F3N4O/c1-4-33-20-16(12(2)22-31-11-18-21(25)30-5-6-32(18)22)8-17(24)13(3)19(20)14-7-15(10-29-9-14)23(26,27)28/h5-12H,4H2,1-3H3. The number of rotatable bonds is 5. The lowest BCUT2D eigenvalue weighted by Crippen LogP contribution is -2.09. The Labute approximate surface area is 198 Å². The second-order valence-corrected chi connectivity index (χ2v) is 8.25. The summed E-state index contributed by atoms with van der Waals surface area (Å²) in [4.78, 5) is 12.4. The van der Waals surface area contributed by atoms with Gasteiger partial charge in [-0.3, -0.25) is 9.38 Å². The maximum atomic E-state index is 13.4. The predicted octanol–water partition coefficient (Wildman–Crippen LogP) is 6.98. The lowest BCUT2D eigenvalue weighted by molar-refractivity contribution is -0.137. The van der Waals surface area contributed by atoms with Crippen molar-refractivity contribution in [2.75, 3.05) is 6.61 Å². The first-order valence-electron chi connectivity index (χ1n) is 10.1. The van der Waals surface area contributed by atoms with Crippen molar-refractivity contribution < 1.29 is 17.9 Å². The van der Waals surface area contributed by atoms with Gasteiger partial charge in [-0.05, 0) is 31.5 Å². The Morgan fingerprint density at radius 3 is 2.58 bits per heavy atom. The van der Waals surface area contributed by atoms with E-state index in [0.29, 0.717) is 50.6 Å². The third kappa shape index (κ3) is 4.25. The van der Waals surface area contributed by atoms with Crippen LogP contribution in [0.4, 0.5) is 13.2 Å². The number of halogens is 5. The van der Waals surface area contributed by atoms with Gasteiger partial charge in [0.15, 0.2) is 5.15 Å². The molecule has 0 saturated carbocycles. The van der Waals surface area contributed by atoms with Crippen LogP contribution in [-0.4, -0.2) is 26.0 Å². The van der Waals surface area contributed by atoms with Crippen molar-refractivity contribution in [3.05, 3.63) is 75.8 Å². The average Bonchev–Trinajstić information content (AvgIpc) is 3.21. The molecule has 4 rings (SSSR count). The van der Waals surface area contributed by atoms with Gasteiger partial charge < -0.3 is 4.74 Å². The molecule has 1 atom stereocenters. The molecule has 1 aromatic carbocycles. The van der Waals surface area contributed by atoms with Gasteiger partial charge in [0.05, 0.1) is 18.4 Å². The number of hydrogen-bond donors (Lipinski definition) is 0. The summed E-state index contributed by atoms with van der Waals surface area (Å²) in [5.74, 6) is 0.761. The molecule has 0 fully saturated rings. The van der Waals surface area contributed by atoms with Crippen LogP contribution < -0.4 is 4.74 Å². The van der Waals surface area contributed by atoms with Crippen LogP contribution in [0.3, 0.4) is 0 Å². The first kappa shape index (κ1) is 23.3. The lowest BCUT2D eigenvalue weighted by Gasteiger charge is -2.22. The zero-order chi connectivity index (χ0) is 23.9. The molecule has 0 bridgehead atoms. The molecular formula is C23H19Cl2F3N4O. The maximum Gasteiger partial charge on any atom is 0.417 e. The molecule has 172 valence electrons. The van der Waals surface area contributed by atoms with Gasteiger partial charge in [0.1, 0.15) is 17.1 Å². The van der Waals surface area contributed by atoms with Gasteiger partial charge in [0, 0.05) is 52.4 Å². The van der Waals surface area contributed by atoms with Crippen molar-refractivity contribution >= 4 is 28.7 Å². The fraction of sp³-hybridized carbons (Fsp3) is 0.261. The topological polar surface area (TPSA) is 52.3 Å². The van der Waals surface area contributed by atoms with E-state index in [0.717, 1.165) is 12.3 Å². The maximum absolute atomic E-state index is 13.4. The molecule has 4 aromatic rings. The normalized spacial score (nSPS) is 12.8. The van der Waals surface area contributed by atoms with Crippen LogP contribution in [0.2, 0.25) is 10.2 Å². The number of alkyl halides is 3. The first-order valence-corrected chi connectivity index (χ1v) is 10.8. The van der Waals surface area contributed by atoms with Crippen LogP contribution in [0.15, 0.2) is 43.1 Å². The number of imidazole rings is 1. The molecule has 5 nitrogen and oxygen atoms in total. The minimum absolute atomic E-state index is 0.266. The van der Waals surface area contributed by atoms with Crippen molar-refractivity contribution in [3.8, 4) is 16.9 Å². The Hall–Kier alpha value is -2.84. The summed E-state index contributed by atoms with van der Waals surface area (Å²) in [7, 11) is 0. The van der Waals surface area contributed by atoms with E-state index < -0.39 is 11.7 Å². The van der Waals surface area contributed by atoms with Gasteiger partial charge in [-0.25, -0.2) is 9.97 Å². The summed E-state index contributed by atoms with van der Waals surface area (Å²) in [6.45, 7) is 5.77. The number of aromatic nitrogens is 4. The highest BCUT2D eigenvalue weighted by molar-refractivity contribution is 6.32. The Morgan fingerprint density at radius 2 is 1.88 bits per heavy atom. The first-order chi connectivity index (χ1) is 15.6. The number of pyridine rings is 1. The van der Waals surface area contributed by atoms with Gasteiger partial charge in [-0.2, -0.15) is 13.2 Å². The fourth-order valence-corrected chi connectivity index (χ4v) is 4.23. The molecule has 33 heavy (non-hydrogen) atoms. The summed E-state index contributed by atoms with van der Waals surface area (Å²) in [6, 6.07) is 2.82. The molecule has 0 aliphatic heterocycles. The van der Waals surface area contributed by atoms with Crippen LogP contribution in [0, 0.1) is 6.92 Å². The molecule has 10 heteroatoms. The Kier molecular flexibility index (Phi) is 6.24. The van der Waals surface area contributed by atoms with Crippen molar-refractivity contribution in [3.63, 3.8) is 0 Å². The largest absolute Gasteiger partial charge is 0.493 e. The highest BCUT2D eigenvalue weighted by Gasteiger charge is 2.32. The number of fused-ring (bicyclic) bond motifs is 1. The van der Waals surface area contributed by atoms with Crippen LogP contribution in [0.1, 0.15) is 42.3 Å². The molecular weight excluding hydrogens is 476 g/mol. The molecule has 0 amide bonds. The Bertz CT molecular complexity index is 1340. The van der Waals surface area contributed by atoms with E-state index in [9.17, 15) is 13.2 Å². The monoisotopic (exact) mass is 494 g/mol. The van der Waals surface area contributed by atoms with E-state index in [1.807, 2.05) is 18.2 Å². The highest BCUT2D eigenvalue weighted by atomic mass is 35.5. The van der Waals surface area contributed by atoms with E-state index in [1.54, 1.807) is 31.6 Å². The highest BCUT2D eigenvalue weighted by Crippen LogP contribution is 2.45. The molecule has 0 aliphatic rings. The minimum Gasteiger partial charge on any atom is -0.493 e. The molecule has 0 N–H and O–H groups in total. The third-order valence-electron chi connectivity index (χ3n) is 5.44. The Morgan fingerprint density at radius 1 is 1.12 bits per heavy atom. The summed E-state index contributed by atoms with van der Waals surface area (Å²) >= 11 is 12.8. The zero-order valence-corrected chi connectivity index (χ0v) is 19.4. The summed E-state index contributed by atoms with van der Waals surface area (Å²) in [6.07, 6.45) is 2.57. The number of nitrogens with zero attached hydrogens (tertiary/aromatic N) is 4. The SMILES string of the molecule is CCOc1c(C(C)c2ncc3c(Cl)nccn23)cc(Cl)c(C)c1-c1cncc(C(F)(F)F)c1. The second-order valence-electron chi connectivity index (χ2n) is 7.48. The lowest BCUT2D eigenvalue weighted by atomic mass is 9.91. The van der Waals surface area contributed by atoms with Gasteiger partial charge in [0.2, 0.25) is 0 Å².